The van der Waals surface area contributed by atoms with E-state index in [1.807, 2.05) is 25.2 Å². The second-order valence-electron chi connectivity index (χ2n) is 6.52. The molecule has 1 aliphatic carbocycles. The third-order valence-corrected chi connectivity index (χ3v) is 5.50. The number of nitrogens with one attached hydrogen (secondary N) is 1. The van der Waals surface area contributed by atoms with Crippen molar-refractivity contribution in [2.75, 3.05) is 18.9 Å². The minimum atomic E-state index is -0.460. The summed E-state index contributed by atoms with van der Waals surface area (Å²) in [5.74, 6) is -0.606. The first kappa shape index (κ1) is 17.6. The van der Waals surface area contributed by atoms with Gasteiger partial charge in [-0.2, -0.15) is 5.10 Å². The molecule has 0 bridgehead atoms. The molecule has 0 atom stereocenters. The fraction of sp³-hybridized carbons (Fsp3) is 0.471. The number of thiophene rings is 1. The van der Waals surface area contributed by atoms with E-state index in [-0.39, 0.29) is 12.5 Å². The van der Waals surface area contributed by atoms with E-state index in [4.69, 9.17) is 5.73 Å². The van der Waals surface area contributed by atoms with Crippen LogP contribution in [0, 0.1) is 0 Å². The smallest absolute Gasteiger partial charge is 0.251 e. The summed E-state index contributed by atoms with van der Waals surface area (Å²) in [7, 11) is 3.74. The Morgan fingerprint density at radius 3 is 2.84 bits per heavy atom. The van der Waals surface area contributed by atoms with E-state index in [0.717, 1.165) is 36.8 Å². The van der Waals surface area contributed by atoms with Crippen LogP contribution in [0.3, 0.4) is 0 Å². The molecule has 8 heteroatoms. The molecule has 0 aromatic carbocycles. The molecule has 0 fully saturated rings. The van der Waals surface area contributed by atoms with E-state index >= 15 is 0 Å². The number of carbonyl (C=O) groups is 2. The van der Waals surface area contributed by atoms with Crippen LogP contribution >= 0.6 is 11.3 Å². The average Bonchev–Trinajstić information content (AvgIpc) is 3.09. The van der Waals surface area contributed by atoms with Gasteiger partial charge in [0.1, 0.15) is 5.00 Å². The topological polar surface area (TPSA) is 93.2 Å². The van der Waals surface area contributed by atoms with Crippen LogP contribution < -0.4 is 11.1 Å². The highest BCUT2D eigenvalue weighted by molar-refractivity contribution is 7.17. The summed E-state index contributed by atoms with van der Waals surface area (Å²) in [5.41, 5.74) is 8.14. The van der Waals surface area contributed by atoms with Crippen molar-refractivity contribution in [1.29, 1.82) is 0 Å². The number of hydrogen-bond acceptors (Lipinski definition) is 5. The maximum absolute atomic E-state index is 12.4. The summed E-state index contributed by atoms with van der Waals surface area (Å²) in [6.45, 7) is 0.862. The molecular weight excluding hydrogens is 338 g/mol. The van der Waals surface area contributed by atoms with Gasteiger partial charge in [0.15, 0.2) is 0 Å². The molecular formula is C17H23N5O2S. The second-order valence-corrected chi connectivity index (χ2v) is 7.63. The van der Waals surface area contributed by atoms with E-state index < -0.39 is 5.91 Å². The number of anilines is 1. The molecule has 25 heavy (non-hydrogen) atoms. The Hall–Kier alpha value is -2.19. The maximum atomic E-state index is 12.4. The van der Waals surface area contributed by atoms with Crippen LogP contribution in [0.2, 0.25) is 0 Å². The van der Waals surface area contributed by atoms with Gasteiger partial charge in [0.05, 0.1) is 18.3 Å². The highest BCUT2D eigenvalue weighted by Gasteiger charge is 2.25. The van der Waals surface area contributed by atoms with Crippen molar-refractivity contribution in [1.82, 2.24) is 14.7 Å². The first-order chi connectivity index (χ1) is 11.9. The number of nitrogens with two attached hydrogens (primary N) is 1. The van der Waals surface area contributed by atoms with Gasteiger partial charge < -0.3 is 11.1 Å². The van der Waals surface area contributed by atoms with Gasteiger partial charge in [0.2, 0.25) is 5.91 Å². The molecule has 0 aliphatic heterocycles. The van der Waals surface area contributed by atoms with E-state index in [9.17, 15) is 9.59 Å². The third kappa shape index (κ3) is 4.08. The van der Waals surface area contributed by atoms with E-state index in [2.05, 4.69) is 10.4 Å². The Morgan fingerprint density at radius 2 is 2.16 bits per heavy atom. The predicted octanol–water partition coefficient (Wildman–Crippen LogP) is 1.53. The number of rotatable bonds is 6. The van der Waals surface area contributed by atoms with E-state index in [0.29, 0.717) is 17.1 Å². The Morgan fingerprint density at radius 1 is 1.40 bits per heavy atom. The van der Waals surface area contributed by atoms with Crippen molar-refractivity contribution >= 4 is 28.2 Å². The van der Waals surface area contributed by atoms with Gasteiger partial charge in [0.25, 0.3) is 5.91 Å². The number of carbonyl (C=O) groups excluding carboxylic acids is 2. The van der Waals surface area contributed by atoms with Crippen LogP contribution in [0.15, 0.2) is 12.4 Å². The SMILES string of the molecule is CN(CC(=O)Nc1sc2c(c1C(N)=O)CCCC2)Cc1cnn(C)c1. The molecule has 2 aromatic heterocycles. The van der Waals surface area contributed by atoms with Crippen molar-refractivity contribution in [2.24, 2.45) is 12.8 Å². The zero-order valence-electron chi connectivity index (χ0n) is 14.5. The number of aryl methyl sites for hydroxylation is 2. The fourth-order valence-electron chi connectivity index (χ4n) is 3.25. The Kier molecular flexibility index (Phi) is 5.19. The zero-order chi connectivity index (χ0) is 18.0. The van der Waals surface area contributed by atoms with Crippen molar-refractivity contribution < 1.29 is 9.59 Å². The molecule has 0 spiro atoms. The summed E-state index contributed by atoms with van der Waals surface area (Å²) in [5, 5.41) is 7.61. The molecule has 3 rings (SSSR count). The van der Waals surface area contributed by atoms with Crippen molar-refractivity contribution in [3.8, 4) is 0 Å². The normalized spacial score (nSPS) is 13.7. The van der Waals surface area contributed by atoms with Gasteiger partial charge in [-0.1, -0.05) is 0 Å². The summed E-state index contributed by atoms with van der Waals surface area (Å²) in [6.07, 6.45) is 7.70. The van der Waals surface area contributed by atoms with Crippen LogP contribution in [0.5, 0.6) is 0 Å². The lowest BCUT2D eigenvalue weighted by Gasteiger charge is -2.15. The Bertz CT molecular complexity index is 795. The van der Waals surface area contributed by atoms with Crippen LogP contribution in [-0.4, -0.2) is 40.1 Å². The molecule has 134 valence electrons. The maximum Gasteiger partial charge on any atom is 0.251 e. The average molecular weight is 361 g/mol. The first-order valence-electron chi connectivity index (χ1n) is 8.34. The fourth-order valence-corrected chi connectivity index (χ4v) is 4.56. The number of nitrogens with zero attached hydrogens (tertiary/aromatic N) is 3. The molecule has 0 saturated heterocycles. The predicted molar refractivity (Wildman–Crippen MR) is 97.7 cm³/mol. The number of likely N-dealkylation sites (N-methyl/N-ethyl adjacent to an activating group) is 1. The summed E-state index contributed by atoms with van der Waals surface area (Å²) >= 11 is 1.49. The summed E-state index contributed by atoms with van der Waals surface area (Å²) < 4.78 is 1.73. The van der Waals surface area contributed by atoms with Gasteiger partial charge in [-0.3, -0.25) is 19.2 Å². The summed E-state index contributed by atoms with van der Waals surface area (Å²) in [6, 6.07) is 0. The van der Waals surface area contributed by atoms with Crippen molar-refractivity contribution in [3.63, 3.8) is 0 Å². The monoisotopic (exact) mass is 361 g/mol. The number of primary amides is 1. The van der Waals surface area contributed by atoms with Crippen molar-refractivity contribution in [3.05, 3.63) is 34.0 Å². The zero-order valence-corrected chi connectivity index (χ0v) is 15.4. The standard InChI is InChI=1S/C17H23N5O2S/c1-21(8-11-7-19-22(2)9-11)10-14(23)20-17-15(16(18)24)12-5-3-4-6-13(12)25-17/h7,9H,3-6,8,10H2,1-2H3,(H2,18,24)(H,20,23). The number of aromatic nitrogens is 2. The lowest BCUT2D eigenvalue weighted by Crippen LogP contribution is -2.30. The Balaban J connectivity index is 1.66. The van der Waals surface area contributed by atoms with Crippen LogP contribution in [-0.2, 0) is 31.2 Å². The molecule has 2 amide bonds. The van der Waals surface area contributed by atoms with Crippen molar-refractivity contribution in [2.45, 2.75) is 32.2 Å². The molecule has 1 aliphatic rings. The molecule has 0 unspecified atom stereocenters. The lowest BCUT2D eigenvalue weighted by atomic mass is 9.95. The minimum Gasteiger partial charge on any atom is -0.365 e. The highest BCUT2D eigenvalue weighted by atomic mass is 32.1. The lowest BCUT2D eigenvalue weighted by molar-refractivity contribution is -0.117. The number of amides is 2. The molecule has 0 saturated carbocycles. The number of fused-ring (bicyclic) bond motifs is 1. The molecule has 3 N–H and O–H groups in total. The molecule has 2 heterocycles. The quantitative estimate of drug-likeness (QED) is 0.816. The Labute approximate surface area is 150 Å². The highest BCUT2D eigenvalue weighted by Crippen LogP contribution is 2.37. The third-order valence-electron chi connectivity index (χ3n) is 4.30. The second kappa shape index (κ2) is 7.37. The molecule has 0 radical (unpaired) electrons. The molecule has 7 nitrogen and oxygen atoms in total. The van der Waals surface area contributed by atoms with E-state index in [1.54, 1.807) is 10.9 Å². The van der Waals surface area contributed by atoms with Gasteiger partial charge >= 0.3 is 0 Å². The van der Waals surface area contributed by atoms with Gasteiger partial charge in [-0.25, -0.2) is 0 Å². The van der Waals surface area contributed by atoms with Gasteiger partial charge in [-0.05, 0) is 38.3 Å². The summed E-state index contributed by atoms with van der Waals surface area (Å²) in [4.78, 5) is 27.3. The number of hydrogen-bond donors (Lipinski definition) is 2. The van der Waals surface area contributed by atoms with E-state index in [1.165, 1.54) is 16.2 Å². The van der Waals surface area contributed by atoms with Crippen LogP contribution in [0.25, 0.3) is 0 Å². The first-order valence-corrected chi connectivity index (χ1v) is 9.16. The van der Waals surface area contributed by atoms with Crippen LogP contribution in [0.4, 0.5) is 5.00 Å². The van der Waals surface area contributed by atoms with Gasteiger partial charge in [-0.15, -0.1) is 11.3 Å². The largest absolute Gasteiger partial charge is 0.365 e. The molecule has 2 aromatic rings. The minimum absolute atomic E-state index is 0.146. The van der Waals surface area contributed by atoms with Crippen LogP contribution in [0.1, 0.15) is 39.2 Å². The van der Waals surface area contributed by atoms with Gasteiger partial charge in [0, 0.05) is 30.2 Å².